The molecule has 9 heteroatoms. The zero-order valence-electron chi connectivity index (χ0n) is 15.6. The molecule has 0 bridgehead atoms. The lowest BCUT2D eigenvalue weighted by Crippen LogP contribution is -2.39. The van der Waals surface area contributed by atoms with Crippen molar-refractivity contribution in [1.82, 2.24) is 20.0 Å². The third-order valence-electron chi connectivity index (χ3n) is 3.44. The van der Waals surface area contributed by atoms with Crippen molar-refractivity contribution < 1.29 is 9.47 Å². The Hall–Kier alpha value is -0.910. The molecular formula is C17H30IN5O2S. The Bertz CT molecular complexity index is 603. The fraction of sp³-hybridized carbons (Fsp3) is 0.647. The van der Waals surface area contributed by atoms with E-state index in [0.29, 0.717) is 32.9 Å². The Morgan fingerprint density at radius 3 is 2.73 bits per heavy atom. The van der Waals surface area contributed by atoms with Gasteiger partial charge in [-0.3, -0.25) is 4.40 Å². The van der Waals surface area contributed by atoms with Crippen LogP contribution < -0.4 is 10.6 Å². The number of hydrogen-bond acceptors (Lipinski definition) is 5. The van der Waals surface area contributed by atoms with Gasteiger partial charge in [0.15, 0.2) is 10.9 Å². The van der Waals surface area contributed by atoms with Gasteiger partial charge >= 0.3 is 0 Å². The number of ether oxygens (including phenoxy) is 2. The second kappa shape index (κ2) is 14.2. The van der Waals surface area contributed by atoms with Crippen LogP contribution in [0.5, 0.6) is 0 Å². The van der Waals surface area contributed by atoms with Crippen LogP contribution >= 0.6 is 35.3 Å². The van der Waals surface area contributed by atoms with Gasteiger partial charge in [0, 0.05) is 37.5 Å². The molecular weight excluding hydrogens is 465 g/mol. The molecule has 0 unspecified atom stereocenters. The highest BCUT2D eigenvalue weighted by molar-refractivity contribution is 14.0. The third kappa shape index (κ3) is 8.65. The molecule has 0 amide bonds. The van der Waals surface area contributed by atoms with Gasteiger partial charge in [-0.25, -0.2) is 9.98 Å². The predicted octanol–water partition coefficient (Wildman–Crippen LogP) is 2.90. The van der Waals surface area contributed by atoms with Gasteiger partial charge < -0.3 is 20.1 Å². The number of aliphatic imine (C=N–C) groups is 1. The second-order valence-electron chi connectivity index (χ2n) is 5.53. The van der Waals surface area contributed by atoms with E-state index in [4.69, 9.17) is 9.47 Å². The normalized spacial score (nSPS) is 11.5. The van der Waals surface area contributed by atoms with E-state index in [2.05, 4.69) is 27.5 Å². The number of nitrogens with zero attached hydrogens (tertiary/aromatic N) is 3. The van der Waals surface area contributed by atoms with Crippen molar-refractivity contribution in [2.45, 2.75) is 33.2 Å². The number of rotatable bonds is 12. The average molecular weight is 495 g/mol. The maximum absolute atomic E-state index is 5.55. The zero-order valence-corrected chi connectivity index (χ0v) is 18.7. The van der Waals surface area contributed by atoms with Gasteiger partial charge in [0.2, 0.25) is 0 Å². The van der Waals surface area contributed by atoms with Gasteiger partial charge in [-0.15, -0.1) is 35.3 Å². The molecule has 7 nitrogen and oxygen atoms in total. The molecule has 0 aliphatic rings. The van der Waals surface area contributed by atoms with Crippen LogP contribution in [0.4, 0.5) is 0 Å². The maximum atomic E-state index is 5.55. The van der Waals surface area contributed by atoms with E-state index in [0.717, 1.165) is 42.6 Å². The zero-order chi connectivity index (χ0) is 17.7. The summed E-state index contributed by atoms with van der Waals surface area (Å²) in [6.07, 6.45) is 6.29. The van der Waals surface area contributed by atoms with Crippen molar-refractivity contribution in [1.29, 1.82) is 0 Å². The van der Waals surface area contributed by atoms with E-state index in [9.17, 15) is 0 Å². The molecule has 0 fully saturated rings. The SMILES string of the molecule is CCCCOCCOCCNC(=NCc1cn2ccsc2n1)NCC.I. The minimum atomic E-state index is 0. The van der Waals surface area contributed by atoms with Gasteiger partial charge in [0.25, 0.3) is 0 Å². The second-order valence-corrected chi connectivity index (χ2v) is 6.40. The van der Waals surface area contributed by atoms with E-state index < -0.39 is 0 Å². The smallest absolute Gasteiger partial charge is 0.193 e. The van der Waals surface area contributed by atoms with E-state index >= 15 is 0 Å². The van der Waals surface area contributed by atoms with Crippen LogP contribution in [0, 0.1) is 0 Å². The van der Waals surface area contributed by atoms with Gasteiger partial charge in [-0.1, -0.05) is 13.3 Å². The first-order valence-corrected chi connectivity index (χ1v) is 9.80. The topological polar surface area (TPSA) is 72.2 Å². The van der Waals surface area contributed by atoms with E-state index in [-0.39, 0.29) is 24.0 Å². The highest BCUT2D eigenvalue weighted by Gasteiger charge is 2.03. The van der Waals surface area contributed by atoms with Crippen LogP contribution in [0.2, 0.25) is 0 Å². The quantitative estimate of drug-likeness (QED) is 0.205. The molecule has 0 aliphatic carbocycles. The fourth-order valence-electron chi connectivity index (χ4n) is 2.16. The monoisotopic (exact) mass is 495 g/mol. The van der Waals surface area contributed by atoms with Crippen LogP contribution in [0.15, 0.2) is 22.8 Å². The molecule has 2 aromatic rings. The molecule has 0 aliphatic heterocycles. The number of imidazole rings is 1. The molecule has 0 saturated heterocycles. The summed E-state index contributed by atoms with van der Waals surface area (Å²) in [6.45, 7) is 9.02. The average Bonchev–Trinajstić information content (AvgIpc) is 3.19. The van der Waals surface area contributed by atoms with Gasteiger partial charge in [-0.2, -0.15) is 0 Å². The largest absolute Gasteiger partial charge is 0.379 e. The summed E-state index contributed by atoms with van der Waals surface area (Å²) in [6, 6.07) is 0. The first-order chi connectivity index (χ1) is 12.3. The van der Waals surface area contributed by atoms with Gasteiger partial charge in [0.1, 0.15) is 0 Å². The van der Waals surface area contributed by atoms with E-state index in [1.54, 1.807) is 11.3 Å². The predicted molar refractivity (Wildman–Crippen MR) is 118 cm³/mol. The molecule has 2 heterocycles. The molecule has 2 rings (SSSR count). The standard InChI is InChI=1S/C17H29N5O2S.HI/c1-3-5-8-23-10-11-24-9-6-19-16(18-4-2)20-13-15-14-22-7-12-25-17(22)21-15;/h7,12,14H,3-6,8-11,13H2,1-2H3,(H2,18,19,20);1H. The van der Waals surface area contributed by atoms with Crippen molar-refractivity contribution in [2.24, 2.45) is 4.99 Å². The number of guanidine groups is 1. The van der Waals surface area contributed by atoms with Crippen LogP contribution in [0.3, 0.4) is 0 Å². The first kappa shape index (κ1) is 23.1. The first-order valence-electron chi connectivity index (χ1n) is 8.92. The maximum Gasteiger partial charge on any atom is 0.193 e. The van der Waals surface area contributed by atoms with Crippen LogP contribution in [-0.4, -0.2) is 54.9 Å². The summed E-state index contributed by atoms with van der Waals surface area (Å²) in [5.41, 5.74) is 0.963. The minimum Gasteiger partial charge on any atom is -0.379 e. The number of nitrogens with one attached hydrogen (secondary N) is 2. The number of unbranched alkanes of at least 4 members (excludes halogenated alkanes) is 1. The molecule has 0 atom stereocenters. The minimum absolute atomic E-state index is 0. The van der Waals surface area contributed by atoms with E-state index in [1.807, 2.05) is 29.1 Å². The van der Waals surface area contributed by atoms with Gasteiger partial charge in [-0.05, 0) is 13.3 Å². The Morgan fingerprint density at radius 1 is 1.19 bits per heavy atom. The van der Waals surface area contributed by atoms with Crippen LogP contribution in [-0.2, 0) is 16.0 Å². The van der Waals surface area contributed by atoms with Crippen LogP contribution in [0.25, 0.3) is 4.96 Å². The summed E-state index contributed by atoms with van der Waals surface area (Å²) in [7, 11) is 0. The number of aromatic nitrogens is 2. The number of hydrogen-bond donors (Lipinski definition) is 2. The van der Waals surface area contributed by atoms with Crippen molar-refractivity contribution >= 4 is 46.2 Å². The molecule has 0 aromatic carbocycles. The number of fused-ring (bicyclic) bond motifs is 1. The Labute approximate surface area is 176 Å². The molecule has 2 N–H and O–H groups in total. The Kier molecular flexibility index (Phi) is 12.6. The van der Waals surface area contributed by atoms with E-state index in [1.165, 1.54) is 0 Å². The summed E-state index contributed by atoms with van der Waals surface area (Å²) in [5, 5.41) is 8.53. The lowest BCUT2D eigenvalue weighted by atomic mass is 10.4. The lowest BCUT2D eigenvalue weighted by molar-refractivity contribution is 0.0487. The summed E-state index contributed by atoms with van der Waals surface area (Å²) in [4.78, 5) is 10.1. The molecule has 0 saturated carbocycles. The van der Waals surface area contributed by atoms with Crippen molar-refractivity contribution in [2.75, 3.05) is 39.5 Å². The molecule has 148 valence electrons. The highest BCUT2D eigenvalue weighted by atomic mass is 127. The summed E-state index contributed by atoms with van der Waals surface area (Å²) >= 11 is 1.63. The fourth-order valence-corrected chi connectivity index (χ4v) is 2.88. The third-order valence-corrected chi connectivity index (χ3v) is 4.21. The highest BCUT2D eigenvalue weighted by Crippen LogP contribution is 2.11. The molecule has 2 aromatic heterocycles. The lowest BCUT2D eigenvalue weighted by Gasteiger charge is -2.11. The Morgan fingerprint density at radius 2 is 2.00 bits per heavy atom. The number of thiazole rings is 1. The molecule has 0 radical (unpaired) electrons. The molecule has 26 heavy (non-hydrogen) atoms. The Balaban J connectivity index is 0.00000338. The summed E-state index contributed by atoms with van der Waals surface area (Å²) < 4.78 is 13.0. The summed E-state index contributed by atoms with van der Waals surface area (Å²) in [5.74, 6) is 0.779. The van der Waals surface area contributed by atoms with Crippen molar-refractivity contribution in [3.8, 4) is 0 Å². The number of halogens is 1. The van der Waals surface area contributed by atoms with Gasteiger partial charge in [0.05, 0.1) is 32.1 Å². The van der Waals surface area contributed by atoms with Crippen molar-refractivity contribution in [3.63, 3.8) is 0 Å². The van der Waals surface area contributed by atoms with Crippen molar-refractivity contribution in [3.05, 3.63) is 23.5 Å². The molecule has 0 spiro atoms. The van der Waals surface area contributed by atoms with Crippen LogP contribution in [0.1, 0.15) is 32.4 Å².